The van der Waals surface area contributed by atoms with E-state index in [1.165, 1.54) is 6.07 Å². The summed E-state index contributed by atoms with van der Waals surface area (Å²) >= 11 is 0. The zero-order valence-corrected chi connectivity index (χ0v) is 10.2. The van der Waals surface area contributed by atoms with E-state index in [2.05, 4.69) is 12.3 Å². The van der Waals surface area contributed by atoms with Crippen LogP contribution in [-0.4, -0.2) is 6.04 Å². The van der Waals surface area contributed by atoms with Gasteiger partial charge in [0, 0.05) is 6.04 Å². The maximum absolute atomic E-state index is 13.4. The van der Waals surface area contributed by atoms with Gasteiger partial charge in [-0.1, -0.05) is 26.2 Å². The first-order valence-corrected chi connectivity index (χ1v) is 6.07. The first kappa shape index (κ1) is 14.1. The van der Waals surface area contributed by atoms with Gasteiger partial charge in [-0.15, -0.1) is 0 Å². The Kier molecular flexibility index (Phi) is 6.08. The van der Waals surface area contributed by atoms with Gasteiger partial charge in [0.25, 0.3) is 0 Å². The molecular weight excluding hydrogens is 222 g/mol. The van der Waals surface area contributed by atoms with Crippen molar-refractivity contribution < 1.29 is 8.78 Å². The number of benzene rings is 1. The Morgan fingerprint density at radius 1 is 1.29 bits per heavy atom. The first-order chi connectivity index (χ1) is 8.17. The molecule has 96 valence electrons. The zero-order valence-electron chi connectivity index (χ0n) is 10.2. The summed E-state index contributed by atoms with van der Waals surface area (Å²) in [6.07, 6.45) is 4.60. The number of halogens is 2. The molecule has 2 nitrogen and oxygen atoms in total. The van der Waals surface area contributed by atoms with Gasteiger partial charge in [-0.2, -0.15) is 0 Å². The van der Waals surface area contributed by atoms with Crippen LogP contribution >= 0.6 is 0 Å². The standard InChI is InChI=1S/C13H20F2N2/c1-2-3-4-5-12(17-16)9-10-8-11(14)6-7-13(10)15/h6-8,12,17H,2-5,9,16H2,1H3. The Morgan fingerprint density at radius 2 is 2.06 bits per heavy atom. The highest BCUT2D eigenvalue weighted by molar-refractivity contribution is 5.19. The Labute approximate surface area is 101 Å². The number of hydrogen-bond donors (Lipinski definition) is 2. The van der Waals surface area contributed by atoms with Crippen LogP contribution in [0, 0.1) is 11.6 Å². The van der Waals surface area contributed by atoms with Crippen LogP contribution in [0.1, 0.15) is 38.2 Å². The summed E-state index contributed by atoms with van der Waals surface area (Å²) in [5, 5.41) is 0. The second kappa shape index (κ2) is 7.35. The SMILES string of the molecule is CCCCCC(Cc1cc(F)ccc1F)NN. The van der Waals surface area contributed by atoms with E-state index in [1.54, 1.807) is 0 Å². The topological polar surface area (TPSA) is 38.0 Å². The van der Waals surface area contributed by atoms with Crippen LogP contribution in [0.4, 0.5) is 8.78 Å². The molecule has 0 saturated heterocycles. The second-order valence-electron chi connectivity index (χ2n) is 4.30. The lowest BCUT2D eigenvalue weighted by atomic mass is 10.0. The normalized spacial score (nSPS) is 12.7. The molecule has 0 amide bonds. The maximum Gasteiger partial charge on any atom is 0.126 e. The first-order valence-electron chi connectivity index (χ1n) is 6.07. The van der Waals surface area contributed by atoms with Crippen molar-refractivity contribution in [3.05, 3.63) is 35.4 Å². The zero-order chi connectivity index (χ0) is 12.7. The third-order valence-corrected chi connectivity index (χ3v) is 2.87. The van der Waals surface area contributed by atoms with Crippen molar-refractivity contribution in [1.82, 2.24) is 5.43 Å². The maximum atomic E-state index is 13.4. The molecule has 0 aromatic heterocycles. The van der Waals surface area contributed by atoms with Crippen LogP contribution in [0.2, 0.25) is 0 Å². The minimum absolute atomic E-state index is 0.00199. The lowest BCUT2D eigenvalue weighted by Gasteiger charge is -2.16. The lowest BCUT2D eigenvalue weighted by molar-refractivity contribution is 0.457. The third kappa shape index (κ3) is 4.79. The fourth-order valence-electron chi connectivity index (χ4n) is 1.85. The van der Waals surface area contributed by atoms with E-state index >= 15 is 0 Å². The molecule has 0 spiro atoms. The molecule has 0 saturated carbocycles. The average Bonchev–Trinajstić information content (AvgIpc) is 2.32. The van der Waals surface area contributed by atoms with E-state index in [4.69, 9.17) is 5.84 Å². The van der Waals surface area contributed by atoms with Crippen molar-refractivity contribution in [3.8, 4) is 0 Å². The molecule has 3 N–H and O–H groups in total. The van der Waals surface area contributed by atoms with Crippen LogP contribution in [0.15, 0.2) is 18.2 Å². The van der Waals surface area contributed by atoms with Crippen LogP contribution in [-0.2, 0) is 6.42 Å². The van der Waals surface area contributed by atoms with Crippen molar-refractivity contribution in [2.75, 3.05) is 0 Å². The summed E-state index contributed by atoms with van der Waals surface area (Å²) in [7, 11) is 0. The predicted molar refractivity (Wildman–Crippen MR) is 65.3 cm³/mol. The molecule has 0 aliphatic heterocycles. The van der Waals surface area contributed by atoms with Crippen molar-refractivity contribution in [2.45, 2.75) is 45.1 Å². The molecule has 1 unspecified atom stereocenters. The number of hydrazine groups is 1. The number of nitrogens with one attached hydrogen (secondary N) is 1. The van der Waals surface area contributed by atoms with Gasteiger partial charge in [0.2, 0.25) is 0 Å². The van der Waals surface area contributed by atoms with Gasteiger partial charge >= 0.3 is 0 Å². The molecule has 0 aliphatic carbocycles. The minimum Gasteiger partial charge on any atom is -0.271 e. The van der Waals surface area contributed by atoms with Gasteiger partial charge in [-0.05, 0) is 36.6 Å². The molecular formula is C13H20F2N2. The fourth-order valence-corrected chi connectivity index (χ4v) is 1.85. The van der Waals surface area contributed by atoms with E-state index in [9.17, 15) is 8.78 Å². The summed E-state index contributed by atoms with van der Waals surface area (Å²) < 4.78 is 26.4. The molecule has 1 rings (SSSR count). The Hall–Kier alpha value is -1.00. The predicted octanol–water partition coefficient (Wildman–Crippen LogP) is 2.92. The Morgan fingerprint density at radius 3 is 2.71 bits per heavy atom. The molecule has 1 aromatic rings. The molecule has 0 radical (unpaired) electrons. The largest absolute Gasteiger partial charge is 0.271 e. The van der Waals surface area contributed by atoms with Crippen molar-refractivity contribution in [1.29, 1.82) is 0 Å². The molecule has 17 heavy (non-hydrogen) atoms. The summed E-state index contributed by atoms with van der Waals surface area (Å²) in [5.74, 6) is 4.64. The van der Waals surface area contributed by atoms with Gasteiger partial charge in [-0.25, -0.2) is 8.78 Å². The molecule has 4 heteroatoms. The summed E-state index contributed by atoms with van der Waals surface area (Å²) in [4.78, 5) is 0. The molecule has 1 aromatic carbocycles. The van der Waals surface area contributed by atoms with Crippen LogP contribution < -0.4 is 11.3 Å². The molecule has 0 bridgehead atoms. The smallest absolute Gasteiger partial charge is 0.126 e. The quantitative estimate of drug-likeness (QED) is 0.438. The molecule has 1 atom stereocenters. The van der Waals surface area contributed by atoms with Crippen LogP contribution in [0.25, 0.3) is 0 Å². The average molecular weight is 242 g/mol. The number of hydrogen-bond acceptors (Lipinski definition) is 2. The Balaban J connectivity index is 2.57. The van der Waals surface area contributed by atoms with E-state index in [1.807, 2.05) is 0 Å². The summed E-state index contributed by atoms with van der Waals surface area (Å²) in [5.41, 5.74) is 3.05. The third-order valence-electron chi connectivity index (χ3n) is 2.87. The van der Waals surface area contributed by atoms with Gasteiger partial charge in [0.05, 0.1) is 0 Å². The van der Waals surface area contributed by atoms with Gasteiger partial charge < -0.3 is 0 Å². The van der Waals surface area contributed by atoms with E-state index in [-0.39, 0.29) is 11.9 Å². The summed E-state index contributed by atoms with van der Waals surface area (Å²) in [6, 6.07) is 3.52. The van der Waals surface area contributed by atoms with E-state index in [0.717, 1.165) is 37.8 Å². The van der Waals surface area contributed by atoms with Crippen molar-refractivity contribution >= 4 is 0 Å². The molecule has 0 aliphatic rings. The minimum atomic E-state index is -0.411. The number of unbranched alkanes of at least 4 members (excludes halogenated alkanes) is 2. The highest BCUT2D eigenvalue weighted by Crippen LogP contribution is 2.14. The van der Waals surface area contributed by atoms with Crippen LogP contribution in [0.3, 0.4) is 0 Å². The van der Waals surface area contributed by atoms with E-state index < -0.39 is 5.82 Å². The number of rotatable bonds is 7. The molecule has 0 fully saturated rings. The monoisotopic (exact) mass is 242 g/mol. The highest BCUT2D eigenvalue weighted by atomic mass is 19.1. The van der Waals surface area contributed by atoms with Gasteiger partial charge in [0.1, 0.15) is 11.6 Å². The van der Waals surface area contributed by atoms with Crippen molar-refractivity contribution in [3.63, 3.8) is 0 Å². The van der Waals surface area contributed by atoms with Gasteiger partial charge in [-0.3, -0.25) is 11.3 Å². The lowest BCUT2D eigenvalue weighted by Crippen LogP contribution is -2.37. The second-order valence-corrected chi connectivity index (χ2v) is 4.30. The fraction of sp³-hybridized carbons (Fsp3) is 0.538. The molecule has 0 heterocycles. The Bertz CT molecular complexity index is 342. The van der Waals surface area contributed by atoms with Crippen molar-refractivity contribution in [2.24, 2.45) is 5.84 Å². The number of nitrogens with two attached hydrogens (primary N) is 1. The summed E-state index contributed by atoms with van der Waals surface area (Å²) in [6.45, 7) is 2.12. The van der Waals surface area contributed by atoms with Gasteiger partial charge in [0.15, 0.2) is 0 Å². The van der Waals surface area contributed by atoms with E-state index in [0.29, 0.717) is 12.0 Å². The highest BCUT2D eigenvalue weighted by Gasteiger charge is 2.11. The van der Waals surface area contributed by atoms with Crippen LogP contribution in [0.5, 0.6) is 0 Å².